The van der Waals surface area contributed by atoms with Crippen molar-refractivity contribution in [2.75, 3.05) is 6.61 Å². The van der Waals surface area contributed by atoms with E-state index >= 15 is 0 Å². The SMILES string of the molecule is CC1(C)CCCC2C3=C(CCC21)CC(C)([C@H](O)CO)CC3. The highest BCUT2D eigenvalue weighted by Crippen LogP contribution is 2.57. The number of hydrogen-bond acceptors (Lipinski definition) is 2. The van der Waals surface area contributed by atoms with Gasteiger partial charge in [-0.05, 0) is 67.6 Å². The highest BCUT2D eigenvalue weighted by Gasteiger charge is 2.46. The molecule has 2 N–H and O–H groups in total. The normalized spacial score (nSPS) is 40.4. The Morgan fingerprint density at radius 1 is 1.14 bits per heavy atom. The molecule has 4 atom stereocenters. The molecule has 0 saturated heterocycles. The van der Waals surface area contributed by atoms with Gasteiger partial charge in [0.05, 0.1) is 12.7 Å². The van der Waals surface area contributed by atoms with Crippen molar-refractivity contribution in [3.8, 4) is 0 Å². The van der Waals surface area contributed by atoms with Crippen LogP contribution < -0.4 is 0 Å². The molecule has 1 fully saturated rings. The molecule has 2 nitrogen and oxygen atoms in total. The number of fused-ring (bicyclic) bond motifs is 2. The molecule has 1 saturated carbocycles. The monoisotopic (exact) mass is 292 g/mol. The van der Waals surface area contributed by atoms with Crippen LogP contribution in [0.15, 0.2) is 11.1 Å². The second kappa shape index (κ2) is 5.38. The van der Waals surface area contributed by atoms with Crippen molar-refractivity contribution >= 4 is 0 Å². The molecule has 120 valence electrons. The summed E-state index contributed by atoms with van der Waals surface area (Å²) in [5.41, 5.74) is 3.79. The van der Waals surface area contributed by atoms with E-state index in [0.29, 0.717) is 5.41 Å². The van der Waals surface area contributed by atoms with E-state index < -0.39 is 6.10 Å². The van der Waals surface area contributed by atoms with Gasteiger partial charge in [0.1, 0.15) is 0 Å². The van der Waals surface area contributed by atoms with Gasteiger partial charge in [0, 0.05) is 0 Å². The van der Waals surface area contributed by atoms with Crippen LogP contribution in [0.3, 0.4) is 0 Å². The molecule has 3 aliphatic rings. The predicted octanol–water partition coefficient (Wildman–Crippen LogP) is 4.06. The third-order valence-electron chi connectivity index (χ3n) is 7.04. The van der Waals surface area contributed by atoms with Gasteiger partial charge in [-0.25, -0.2) is 0 Å². The fourth-order valence-corrected chi connectivity index (χ4v) is 5.54. The summed E-state index contributed by atoms with van der Waals surface area (Å²) in [4.78, 5) is 0. The smallest absolute Gasteiger partial charge is 0.0827 e. The van der Waals surface area contributed by atoms with E-state index in [2.05, 4.69) is 20.8 Å². The van der Waals surface area contributed by atoms with E-state index in [1.165, 1.54) is 32.1 Å². The predicted molar refractivity (Wildman–Crippen MR) is 85.9 cm³/mol. The molecule has 3 unspecified atom stereocenters. The average molecular weight is 292 g/mol. The Hall–Kier alpha value is -0.340. The van der Waals surface area contributed by atoms with Gasteiger partial charge in [-0.15, -0.1) is 0 Å². The average Bonchev–Trinajstić information content (AvgIpc) is 2.45. The fraction of sp³-hybridized carbons (Fsp3) is 0.895. The lowest BCUT2D eigenvalue weighted by atomic mass is 9.54. The van der Waals surface area contributed by atoms with Crippen LogP contribution in [0.25, 0.3) is 0 Å². The van der Waals surface area contributed by atoms with Crippen LogP contribution in [-0.4, -0.2) is 22.9 Å². The van der Waals surface area contributed by atoms with Gasteiger partial charge < -0.3 is 10.2 Å². The van der Waals surface area contributed by atoms with Crippen molar-refractivity contribution in [1.29, 1.82) is 0 Å². The Labute approximate surface area is 129 Å². The highest BCUT2D eigenvalue weighted by atomic mass is 16.3. The summed E-state index contributed by atoms with van der Waals surface area (Å²) in [5, 5.41) is 19.5. The molecule has 0 aromatic carbocycles. The zero-order valence-electron chi connectivity index (χ0n) is 14.0. The van der Waals surface area contributed by atoms with E-state index in [4.69, 9.17) is 0 Å². The summed E-state index contributed by atoms with van der Waals surface area (Å²) >= 11 is 0. The summed E-state index contributed by atoms with van der Waals surface area (Å²) in [7, 11) is 0. The van der Waals surface area contributed by atoms with Crippen LogP contribution >= 0.6 is 0 Å². The first-order valence-corrected chi connectivity index (χ1v) is 8.87. The first kappa shape index (κ1) is 15.6. The van der Waals surface area contributed by atoms with Crippen LogP contribution in [0.2, 0.25) is 0 Å². The number of rotatable bonds is 2. The van der Waals surface area contributed by atoms with Crippen LogP contribution in [0.1, 0.15) is 72.1 Å². The third-order valence-corrected chi connectivity index (χ3v) is 7.04. The maximum absolute atomic E-state index is 10.2. The zero-order chi connectivity index (χ0) is 15.3. The Morgan fingerprint density at radius 3 is 2.62 bits per heavy atom. The van der Waals surface area contributed by atoms with Crippen LogP contribution in [0.4, 0.5) is 0 Å². The lowest BCUT2D eigenvalue weighted by Gasteiger charge is -2.51. The second-order valence-electron chi connectivity index (χ2n) is 8.79. The van der Waals surface area contributed by atoms with E-state index in [-0.39, 0.29) is 12.0 Å². The summed E-state index contributed by atoms with van der Waals surface area (Å²) in [5.74, 6) is 1.69. The van der Waals surface area contributed by atoms with Crippen LogP contribution in [0.5, 0.6) is 0 Å². The lowest BCUT2D eigenvalue weighted by Crippen LogP contribution is -2.43. The number of allylic oxidation sites excluding steroid dienone is 2. The minimum Gasteiger partial charge on any atom is -0.394 e. The quantitative estimate of drug-likeness (QED) is 0.753. The summed E-state index contributed by atoms with van der Waals surface area (Å²) in [6.07, 6.45) is 9.35. The topological polar surface area (TPSA) is 40.5 Å². The van der Waals surface area contributed by atoms with E-state index in [1.807, 2.05) is 0 Å². The molecular formula is C19H32O2. The van der Waals surface area contributed by atoms with E-state index in [1.54, 1.807) is 11.1 Å². The Kier molecular flexibility index (Phi) is 3.99. The van der Waals surface area contributed by atoms with Gasteiger partial charge >= 0.3 is 0 Å². The summed E-state index contributed by atoms with van der Waals surface area (Å²) < 4.78 is 0. The van der Waals surface area contributed by atoms with Gasteiger partial charge in [0.2, 0.25) is 0 Å². The second-order valence-corrected chi connectivity index (χ2v) is 8.79. The molecular weight excluding hydrogens is 260 g/mol. The van der Waals surface area contributed by atoms with Crippen molar-refractivity contribution in [1.82, 2.24) is 0 Å². The minimum absolute atomic E-state index is 0.0990. The molecule has 2 heteroatoms. The van der Waals surface area contributed by atoms with Crippen molar-refractivity contribution < 1.29 is 10.2 Å². The van der Waals surface area contributed by atoms with Gasteiger partial charge in [-0.3, -0.25) is 0 Å². The molecule has 0 heterocycles. The number of aliphatic hydroxyl groups is 2. The maximum Gasteiger partial charge on any atom is 0.0827 e. The summed E-state index contributed by atoms with van der Waals surface area (Å²) in [6, 6.07) is 0. The van der Waals surface area contributed by atoms with Gasteiger partial charge in [-0.1, -0.05) is 38.3 Å². The largest absolute Gasteiger partial charge is 0.394 e. The van der Waals surface area contributed by atoms with Crippen LogP contribution in [0, 0.1) is 22.7 Å². The highest BCUT2D eigenvalue weighted by molar-refractivity contribution is 5.27. The van der Waals surface area contributed by atoms with Gasteiger partial charge in [0.25, 0.3) is 0 Å². The maximum atomic E-state index is 10.2. The minimum atomic E-state index is -0.563. The van der Waals surface area contributed by atoms with E-state index in [9.17, 15) is 10.2 Å². The van der Waals surface area contributed by atoms with Crippen molar-refractivity contribution in [2.24, 2.45) is 22.7 Å². The fourth-order valence-electron chi connectivity index (χ4n) is 5.54. The molecule has 0 amide bonds. The lowest BCUT2D eigenvalue weighted by molar-refractivity contribution is -0.0192. The third kappa shape index (κ3) is 2.59. The molecule has 3 rings (SSSR count). The first-order valence-electron chi connectivity index (χ1n) is 8.87. The Bertz CT molecular complexity index is 437. The number of hydrogen-bond donors (Lipinski definition) is 2. The molecule has 0 bridgehead atoms. The van der Waals surface area contributed by atoms with Crippen molar-refractivity contribution in [3.63, 3.8) is 0 Å². The van der Waals surface area contributed by atoms with Gasteiger partial charge in [-0.2, -0.15) is 0 Å². The van der Waals surface area contributed by atoms with Crippen LogP contribution in [-0.2, 0) is 0 Å². The number of aliphatic hydroxyl groups excluding tert-OH is 2. The Balaban J connectivity index is 1.85. The molecule has 0 aliphatic heterocycles. The molecule has 3 aliphatic carbocycles. The molecule has 0 aromatic heterocycles. The van der Waals surface area contributed by atoms with Gasteiger partial charge in [0.15, 0.2) is 0 Å². The first-order chi connectivity index (χ1) is 9.87. The molecule has 0 spiro atoms. The summed E-state index contributed by atoms with van der Waals surface area (Å²) in [6.45, 7) is 7.00. The zero-order valence-corrected chi connectivity index (χ0v) is 14.0. The van der Waals surface area contributed by atoms with Crippen molar-refractivity contribution in [2.45, 2.75) is 78.2 Å². The standard InChI is InChI=1S/C19H32O2/c1-18(2)9-4-5-15-14-8-10-19(3,17(21)12-20)11-13(14)6-7-16(15)18/h15-17,20-21H,4-12H2,1-3H3/t15?,16?,17-,19?/m1/s1. The molecule has 0 aromatic rings. The van der Waals surface area contributed by atoms with Crippen molar-refractivity contribution in [3.05, 3.63) is 11.1 Å². The Morgan fingerprint density at radius 2 is 1.90 bits per heavy atom. The van der Waals surface area contributed by atoms with E-state index in [0.717, 1.165) is 31.1 Å². The molecule has 0 radical (unpaired) electrons. The molecule has 21 heavy (non-hydrogen) atoms.